The van der Waals surface area contributed by atoms with Crippen LogP contribution in [0.1, 0.15) is 31.2 Å². The molecule has 0 unspecified atom stereocenters. The highest BCUT2D eigenvalue weighted by atomic mass is 19.1. The van der Waals surface area contributed by atoms with Crippen molar-refractivity contribution in [2.45, 2.75) is 45.0 Å². The van der Waals surface area contributed by atoms with Crippen molar-refractivity contribution in [3.05, 3.63) is 91.0 Å². The number of aryl methyl sites for hydroxylation is 1. The number of piperidine rings is 2. The number of halogens is 2. The molecule has 0 N–H and O–H groups in total. The second-order valence-corrected chi connectivity index (χ2v) is 13.6. The van der Waals surface area contributed by atoms with Crippen LogP contribution >= 0.6 is 0 Å². The van der Waals surface area contributed by atoms with E-state index >= 15 is 0 Å². The van der Waals surface area contributed by atoms with Crippen molar-refractivity contribution in [2.24, 2.45) is 0 Å². The Balaban J connectivity index is 0.000000150. The number of benzene rings is 2. The molecule has 264 valence electrons. The number of nitrogens with zero attached hydrogens (tertiary/aromatic N) is 9. The van der Waals surface area contributed by atoms with Gasteiger partial charge in [0, 0.05) is 80.9 Å². The largest absolute Gasteiger partial charge is 0.378 e. The summed E-state index contributed by atoms with van der Waals surface area (Å²) in [5.41, 5.74) is 6.41. The van der Waals surface area contributed by atoms with E-state index in [1.807, 2.05) is 51.8 Å². The summed E-state index contributed by atoms with van der Waals surface area (Å²) < 4.78 is 36.0. The van der Waals surface area contributed by atoms with E-state index in [-0.39, 0.29) is 0 Å². The van der Waals surface area contributed by atoms with Crippen LogP contribution < -0.4 is 14.7 Å². The average molecular weight is 692 g/mol. The Kier molecular flexibility index (Phi) is 9.49. The van der Waals surface area contributed by atoms with Crippen LogP contribution in [0.4, 0.5) is 26.1 Å². The van der Waals surface area contributed by atoms with Crippen molar-refractivity contribution in [3.8, 4) is 22.5 Å². The first kappa shape index (κ1) is 33.1. The van der Waals surface area contributed by atoms with Crippen molar-refractivity contribution in [1.29, 1.82) is 0 Å². The zero-order chi connectivity index (χ0) is 34.7. The summed E-state index contributed by atoms with van der Waals surface area (Å²) in [4.78, 5) is 25.3. The fraction of sp³-hybridized carbons (Fsp3) is 0.385. The highest BCUT2D eigenvalue weighted by Gasteiger charge is 2.21. The molecule has 10 nitrogen and oxygen atoms in total. The highest BCUT2D eigenvalue weighted by Crippen LogP contribution is 2.26. The van der Waals surface area contributed by atoms with Gasteiger partial charge in [-0.2, -0.15) is 9.97 Å². The first-order valence-electron chi connectivity index (χ1n) is 17.9. The highest BCUT2D eigenvalue weighted by molar-refractivity contribution is 5.66. The molecule has 3 aliphatic rings. The van der Waals surface area contributed by atoms with Gasteiger partial charge in [0.15, 0.2) is 0 Å². The van der Waals surface area contributed by atoms with Crippen molar-refractivity contribution in [2.75, 3.05) is 67.2 Å². The fourth-order valence-corrected chi connectivity index (χ4v) is 6.98. The van der Waals surface area contributed by atoms with Crippen LogP contribution in [-0.4, -0.2) is 93.6 Å². The number of ether oxygens (including phenoxy) is 1. The van der Waals surface area contributed by atoms with Gasteiger partial charge in [0.2, 0.25) is 11.6 Å². The van der Waals surface area contributed by atoms with E-state index in [4.69, 9.17) is 14.7 Å². The van der Waals surface area contributed by atoms with Crippen LogP contribution in [-0.2, 0) is 4.74 Å². The van der Waals surface area contributed by atoms with Gasteiger partial charge in [-0.25, -0.2) is 18.7 Å². The fourth-order valence-electron chi connectivity index (χ4n) is 6.98. The molecule has 6 aromatic rings. The molecule has 0 bridgehead atoms. The van der Waals surface area contributed by atoms with Gasteiger partial charge in [0.05, 0.1) is 24.6 Å². The molecule has 3 aliphatic heterocycles. The van der Waals surface area contributed by atoms with Crippen LogP contribution in [0.3, 0.4) is 0 Å². The van der Waals surface area contributed by atoms with Crippen LogP contribution in [0.15, 0.2) is 85.5 Å². The lowest BCUT2D eigenvalue weighted by Crippen LogP contribution is -2.36. The second kappa shape index (κ2) is 14.6. The van der Waals surface area contributed by atoms with Crippen LogP contribution in [0.5, 0.6) is 0 Å². The van der Waals surface area contributed by atoms with Gasteiger partial charge < -0.3 is 19.4 Å². The summed E-state index contributed by atoms with van der Waals surface area (Å²) in [5, 5.41) is 0. The summed E-state index contributed by atoms with van der Waals surface area (Å²) in [6.07, 6.45) is 8.91. The van der Waals surface area contributed by atoms with E-state index in [1.54, 1.807) is 0 Å². The summed E-state index contributed by atoms with van der Waals surface area (Å²) >= 11 is 0. The van der Waals surface area contributed by atoms with Crippen molar-refractivity contribution in [1.82, 2.24) is 28.7 Å². The van der Waals surface area contributed by atoms with Crippen LogP contribution in [0, 0.1) is 6.92 Å². The topological polar surface area (TPSA) is 79.3 Å². The molecule has 9 rings (SSSR count). The first-order valence-corrected chi connectivity index (χ1v) is 17.9. The molecule has 0 saturated carbocycles. The molecular weight excluding hydrogens is 648 g/mol. The smallest absolute Gasteiger partial charge is 0.236 e. The Morgan fingerprint density at radius 3 is 1.65 bits per heavy atom. The van der Waals surface area contributed by atoms with E-state index in [1.165, 1.54) is 11.3 Å². The van der Waals surface area contributed by atoms with E-state index < -0.39 is 12.3 Å². The molecule has 0 amide bonds. The van der Waals surface area contributed by atoms with Gasteiger partial charge in [-0.3, -0.25) is 8.80 Å². The molecule has 2 aromatic carbocycles. The molecule has 51 heavy (non-hydrogen) atoms. The van der Waals surface area contributed by atoms with Crippen LogP contribution in [0.2, 0.25) is 0 Å². The Labute approximate surface area is 296 Å². The van der Waals surface area contributed by atoms with Crippen molar-refractivity contribution < 1.29 is 13.5 Å². The lowest BCUT2D eigenvalue weighted by molar-refractivity contribution is 0.122. The Bertz CT molecular complexity index is 2080. The minimum atomic E-state index is -0.682. The third kappa shape index (κ3) is 7.51. The maximum atomic E-state index is 13.4. The third-order valence-corrected chi connectivity index (χ3v) is 9.97. The molecule has 7 heterocycles. The monoisotopic (exact) mass is 691 g/mol. The number of hydrogen-bond donors (Lipinski definition) is 0. The van der Waals surface area contributed by atoms with Gasteiger partial charge in [0.25, 0.3) is 0 Å². The van der Waals surface area contributed by atoms with Gasteiger partial charge in [0.1, 0.15) is 24.0 Å². The molecule has 0 spiro atoms. The molecule has 0 radical (unpaired) electrons. The molecule has 3 fully saturated rings. The lowest BCUT2D eigenvalue weighted by Gasteiger charge is -2.29. The molecular formula is C39H43F2N9O. The standard InChI is InChI=1S/C21H24FN5O.C18H19FN4/c22-17-5-8-26(9-6-17)20-7-10-27-15-19(23-21(27)24-20)16-1-3-18(4-2-16)25-11-13-28-14-12-25;1-13-3-2-4-14(11-13)16-12-23-10-7-17(21-18(23)20-16)22-8-5-15(19)6-9-22/h1-4,7,10,15,17H,5-6,8-9,11-14H2;2-4,7,10-12,15H,5-6,8-9H2,1H3. The minimum absolute atomic E-state index is 0.571. The quantitative estimate of drug-likeness (QED) is 0.195. The first-order chi connectivity index (χ1) is 24.9. The molecule has 3 saturated heterocycles. The number of rotatable bonds is 5. The molecule has 4 aromatic heterocycles. The number of alkyl halides is 2. The Morgan fingerprint density at radius 1 is 0.588 bits per heavy atom. The maximum Gasteiger partial charge on any atom is 0.236 e. The zero-order valence-electron chi connectivity index (χ0n) is 28.9. The average Bonchev–Trinajstić information content (AvgIpc) is 3.80. The molecule has 12 heteroatoms. The van der Waals surface area contributed by atoms with Gasteiger partial charge in [-0.1, -0.05) is 35.9 Å². The number of anilines is 3. The summed E-state index contributed by atoms with van der Waals surface area (Å²) in [5.74, 6) is 3.11. The Hall–Kier alpha value is -5.10. The lowest BCUT2D eigenvalue weighted by atomic mass is 10.1. The van der Waals surface area contributed by atoms with E-state index in [0.717, 1.165) is 73.5 Å². The summed E-state index contributed by atoms with van der Waals surface area (Å²) in [7, 11) is 0. The van der Waals surface area contributed by atoms with E-state index in [2.05, 4.69) is 74.1 Å². The number of morpholine rings is 1. The van der Waals surface area contributed by atoms with Crippen molar-refractivity contribution in [3.63, 3.8) is 0 Å². The number of imidazole rings is 2. The third-order valence-electron chi connectivity index (χ3n) is 9.97. The molecule has 0 aliphatic carbocycles. The number of hydrogen-bond acceptors (Lipinski definition) is 8. The van der Waals surface area contributed by atoms with Gasteiger partial charge in [-0.05, 0) is 62.9 Å². The maximum absolute atomic E-state index is 13.4. The van der Waals surface area contributed by atoms with Gasteiger partial charge >= 0.3 is 0 Å². The summed E-state index contributed by atoms with van der Waals surface area (Å²) in [6, 6.07) is 20.8. The predicted molar refractivity (Wildman–Crippen MR) is 197 cm³/mol. The Morgan fingerprint density at radius 2 is 1.12 bits per heavy atom. The SMILES string of the molecule is Cc1cccc(-c2cn3ccc(N4CCC(F)CC4)nc3n2)c1.FC1CCN(c2ccn3cc(-c4ccc(N5CCOCC5)cc4)nc3n2)CC1. The second-order valence-electron chi connectivity index (χ2n) is 13.6. The van der Waals surface area contributed by atoms with E-state index in [0.29, 0.717) is 50.3 Å². The number of fused-ring (bicyclic) bond motifs is 2. The minimum Gasteiger partial charge on any atom is -0.378 e. The number of aromatic nitrogens is 6. The summed E-state index contributed by atoms with van der Waals surface area (Å²) in [6.45, 7) is 8.36. The predicted octanol–water partition coefficient (Wildman–Crippen LogP) is 6.81. The van der Waals surface area contributed by atoms with Crippen molar-refractivity contribution >= 4 is 28.9 Å². The zero-order valence-corrected chi connectivity index (χ0v) is 28.9. The van der Waals surface area contributed by atoms with Crippen LogP contribution in [0.25, 0.3) is 34.1 Å². The van der Waals surface area contributed by atoms with Gasteiger partial charge in [-0.15, -0.1) is 0 Å². The molecule has 0 atom stereocenters. The van der Waals surface area contributed by atoms with E-state index in [9.17, 15) is 8.78 Å². The normalized spacial score (nSPS) is 17.6.